The summed E-state index contributed by atoms with van der Waals surface area (Å²) in [5, 5.41) is 0. The molecule has 6 heteroatoms. The summed E-state index contributed by atoms with van der Waals surface area (Å²) in [6, 6.07) is 6.98. The fourth-order valence-corrected chi connectivity index (χ4v) is 3.56. The van der Waals surface area contributed by atoms with Gasteiger partial charge in [0.2, 0.25) is 0 Å². The molecule has 100 valence electrons. The van der Waals surface area contributed by atoms with Crippen molar-refractivity contribution in [2.24, 2.45) is 0 Å². The number of hydrogen-bond donors (Lipinski definition) is 0. The van der Waals surface area contributed by atoms with Crippen molar-refractivity contribution < 1.29 is 17.3 Å². The van der Waals surface area contributed by atoms with E-state index in [2.05, 4.69) is 22.6 Å². The highest BCUT2D eigenvalue weighted by molar-refractivity contribution is 14.1. The van der Waals surface area contributed by atoms with E-state index in [0.29, 0.717) is 12.4 Å². The Labute approximate surface area is 121 Å². The molecule has 1 aliphatic rings. The molecular formula is C12H15IO4S. The predicted octanol–water partition coefficient (Wildman–Crippen LogP) is 2.57. The Hall–Kier alpha value is -0.340. The standard InChI is InChI=1S/C12H15IO4S/c13-10-4-3-6-11(8-10)17-18(14,15)9-12-5-1-2-7-16-12/h3-4,6,8,12H,1-2,5,7,9H2/t12-/m0/s1. The maximum Gasteiger partial charge on any atom is 0.311 e. The second-order valence-corrected chi connectivity index (χ2v) is 7.11. The minimum atomic E-state index is -3.58. The summed E-state index contributed by atoms with van der Waals surface area (Å²) in [7, 11) is -3.58. The van der Waals surface area contributed by atoms with Crippen molar-refractivity contribution in [1.29, 1.82) is 0 Å². The Morgan fingerprint density at radius 1 is 1.39 bits per heavy atom. The fraction of sp³-hybridized carbons (Fsp3) is 0.500. The first-order valence-corrected chi connectivity index (χ1v) is 8.50. The van der Waals surface area contributed by atoms with Gasteiger partial charge in [0, 0.05) is 10.2 Å². The third kappa shape index (κ3) is 4.40. The van der Waals surface area contributed by atoms with Crippen molar-refractivity contribution in [2.45, 2.75) is 25.4 Å². The van der Waals surface area contributed by atoms with E-state index < -0.39 is 10.1 Å². The summed E-state index contributed by atoms with van der Waals surface area (Å²) in [6.45, 7) is 0.642. The van der Waals surface area contributed by atoms with Gasteiger partial charge in [0.1, 0.15) is 11.5 Å². The lowest BCUT2D eigenvalue weighted by Crippen LogP contribution is -2.29. The van der Waals surface area contributed by atoms with Crippen molar-refractivity contribution in [1.82, 2.24) is 0 Å². The SMILES string of the molecule is O=S(=O)(C[C@@H]1CCCCO1)Oc1cccc(I)c1. The topological polar surface area (TPSA) is 52.6 Å². The van der Waals surface area contributed by atoms with Crippen molar-refractivity contribution in [3.05, 3.63) is 27.8 Å². The lowest BCUT2D eigenvalue weighted by molar-refractivity contribution is 0.0298. The molecule has 0 radical (unpaired) electrons. The molecule has 0 aliphatic carbocycles. The van der Waals surface area contributed by atoms with Crippen LogP contribution in [-0.2, 0) is 14.9 Å². The van der Waals surface area contributed by atoms with Gasteiger partial charge in [-0.25, -0.2) is 0 Å². The first kappa shape index (κ1) is 14.1. The van der Waals surface area contributed by atoms with Crippen molar-refractivity contribution >= 4 is 32.7 Å². The lowest BCUT2D eigenvalue weighted by Gasteiger charge is -2.22. The van der Waals surface area contributed by atoms with Gasteiger partial charge in [-0.3, -0.25) is 0 Å². The summed E-state index contributed by atoms with van der Waals surface area (Å²) in [5.74, 6) is 0.288. The monoisotopic (exact) mass is 382 g/mol. The predicted molar refractivity (Wildman–Crippen MR) is 77.2 cm³/mol. The van der Waals surface area contributed by atoms with Gasteiger partial charge < -0.3 is 8.92 Å². The molecule has 1 fully saturated rings. The molecule has 0 unspecified atom stereocenters. The van der Waals surface area contributed by atoms with Crippen molar-refractivity contribution in [3.63, 3.8) is 0 Å². The van der Waals surface area contributed by atoms with E-state index in [1.54, 1.807) is 18.2 Å². The number of rotatable bonds is 4. The zero-order valence-corrected chi connectivity index (χ0v) is 12.8. The average Bonchev–Trinajstić information content (AvgIpc) is 2.28. The molecule has 1 aliphatic heterocycles. The third-order valence-corrected chi connectivity index (χ3v) is 4.58. The van der Waals surface area contributed by atoms with E-state index in [4.69, 9.17) is 8.92 Å². The van der Waals surface area contributed by atoms with Gasteiger partial charge in [-0.15, -0.1) is 0 Å². The molecule has 1 aromatic carbocycles. The summed E-state index contributed by atoms with van der Waals surface area (Å²) >= 11 is 2.11. The van der Waals surface area contributed by atoms with Crippen molar-refractivity contribution in [3.8, 4) is 5.75 Å². The largest absolute Gasteiger partial charge is 0.382 e. The molecule has 4 nitrogen and oxygen atoms in total. The molecule has 0 N–H and O–H groups in total. The van der Waals surface area contributed by atoms with E-state index in [1.807, 2.05) is 6.07 Å². The van der Waals surface area contributed by atoms with Crippen LogP contribution in [0.1, 0.15) is 19.3 Å². The number of ether oxygens (including phenoxy) is 1. The molecular weight excluding hydrogens is 367 g/mol. The number of halogens is 1. The molecule has 18 heavy (non-hydrogen) atoms. The highest BCUT2D eigenvalue weighted by atomic mass is 127. The molecule has 1 heterocycles. The molecule has 0 aromatic heterocycles. The van der Waals surface area contributed by atoms with E-state index in [1.165, 1.54) is 0 Å². The number of benzene rings is 1. The van der Waals surface area contributed by atoms with Gasteiger partial charge in [-0.05, 0) is 60.1 Å². The summed E-state index contributed by atoms with van der Waals surface area (Å²) in [4.78, 5) is 0. The van der Waals surface area contributed by atoms with E-state index >= 15 is 0 Å². The first-order valence-electron chi connectivity index (χ1n) is 5.84. The van der Waals surface area contributed by atoms with Gasteiger partial charge in [0.05, 0.1) is 6.10 Å². The van der Waals surface area contributed by atoms with Gasteiger partial charge in [0.15, 0.2) is 0 Å². The van der Waals surface area contributed by atoms with Crippen molar-refractivity contribution in [2.75, 3.05) is 12.4 Å². The highest BCUT2D eigenvalue weighted by Gasteiger charge is 2.23. The van der Waals surface area contributed by atoms with Gasteiger partial charge >= 0.3 is 10.1 Å². The second kappa shape index (κ2) is 6.21. The zero-order chi connectivity index (χ0) is 13.0. The third-order valence-electron chi connectivity index (χ3n) is 2.68. The van der Waals surface area contributed by atoms with E-state index in [0.717, 1.165) is 22.8 Å². The summed E-state index contributed by atoms with van der Waals surface area (Å²) in [5.41, 5.74) is 0. The Kier molecular flexibility index (Phi) is 4.85. The molecule has 0 saturated carbocycles. The van der Waals surface area contributed by atoms with Crippen LogP contribution in [0.2, 0.25) is 0 Å². The van der Waals surface area contributed by atoms with Gasteiger partial charge in [0.25, 0.3) is 0 Å². The van der Waals surface area contributed by atoms with Crippen LogP contribution in [0.4, 0.5) is 0 Å². The minimum Gasteiger partial charge on any atom is -0.382 e. The normalized spacial score (nSPS) is 20.6. The quantitative estimate of drug-likeness (QED) is 0.594. The van der Waals surface area contributed by atoms with Crippen LogP contribution in [0.25, 0.3) is 0 Å². The summed E-state index contributed by atoms with van der Waals surface area (Å²) in [6.07, 6.45) is 2.58. The minimum absolute atomic E-state index is 0.0710. The van der Waals surface area contributed by atoms with Gasteiger partial charge in [-0.1, -0.05) is 6.07 Å². The number of hydrogen-bond acceptors (Lipinski definition) is 4. The van der Waals surface area contributed by atoms with Crippen LogP contribution in [0.15, 0.2) is 24.3 Å². The zero-order valence-electron chi connectivity index (χ0n) is 9.84. The molecule has 1 saturated heterocycles. The average molecular weight is 382 g/mol. The summed E-state index contributed by atoms with van der Waals surface area (Å²) < 4.78 is 35.2. The molecule has 0 bridgehead atoms. The highest BCUT2D eigenvalue weighted by Crippen LogP contribution is 2.19. The van der Waals surface area contributed by atoms with Crippen LogP contribution >= 0.6 is 22.6 Å². The van der Waals surface area contributed by atoms with E-state index in [-0.39, 0.29) is 11.9 Å². The van der Waals surface area contributed by atoms with E-state index in [9.17, 15) is 8.42 Å². The maximum absolute atomic E-state index is 11.9. The fourth-order valence-electron chi connectivity index (χ4n) is 1.87. The Morgan fingerprint density at radius 3 is 2.89 bits per heavy atom. The second-order valence-electron chi connectivity index (χ2n) is 4.25. The van der Waals surface area contributed by atoms with Crippen LogP contribution in [0.3, 0.4) is 0 Å². The molecule has 1 aromatic rings. The molecule has 1 atom stereocenters. The Morgan fingerprint density at radius 2 is 2.22 bits per heavy atom. The molecule has 0 amide bonds. The Bertz CT molecular complexity index is 495. The smallest absolute Gasteiger partial charge is 0.311 e. The van der Waals surface area contributed by atoms with Crippen LogP contribution < -0.4 is 4.18 Å². The van der Waals surface area contributed by atoms with Crippen LogP contribution in [0.5, 0.6) is 5.75 Å². The molecule has 2 rings (SSSR count). The van der Waals surface area contributed by atoms with Crippen LogP contribution in [-0.4, -0.2) is 26.9 Å². The molecule has 0 spiro atoms. The maximum atomic E-state index is 11.9. The lowest BCUT2D eigenvalue weighted by atomic mass is 10.1. The first-order chi connectivity index (χ1) is 8.55. The van der Waals surface area contributed by atoms with Crippen LogP contribution in [0, 0.1) is 3.57 Å². The Balaban J connectivity index is 1.98. The van der Waals surface area contributed by atoms with Gasteiger partial charge in [-0.2, -0.15) is 8.42 Å².